The van der Waals surface area contributed by atoms with E-state index in [1.807, 2.05) is 12.1 Å². The van der Waals surface area contributed by atoms with E-state index >= 15 is 0 Å². The van der Waals surface area contributed by atoms with Crippen molar-refractivity contribution < 1.29 is 19.7 Å². The van der Waals surface area contributed by atoms with Crippen molar-refractivity contribution in [1.82, 2.24) is 0 Å². The third-order valence-electron chi connectivity index (χ3n) is 5.61. The van der Waals surface area contributed by atoms with Crippen LogP contribution in [-0.4, -0.2) is 36.6 Å². The van der Waals surface area contributed by atoms with Crippen molar-refractivity contribution >= 4 is 11.1 Å². The number of rotatable bonds is 8. The summed E-state index contributed by atoms with van der Waals surface area (Å²) in [4.78, 5) is 0. The molecular weight excluding hydrogens is 352 g/mol. The molecule has 0 unspecified atom stereocenters. The van der Waals surface area contributed by atoms with E-state index in [0.29, 0.717) is 26.1 Å². The van der Waals surface area contributed by atoms with Gasteiger partial charge in [-0.3, -0.25) is 0 Å². The number of hydrogen-bond acceptors (Lipinski definition) is 4. The van der Waals surface area contributed by atoms with E-state index in [0.717, 1.165) is 37.2 Å². The largest absolute Gasteiger partial charge is 0.493 e. The topological polar surface area (TPSA) is 58.9 Å². The van der Waals surface area contributed by atoms with Gasteiger partial charge < -0.3 is 19.7 Å². The Morgan fingerprint density at radius 1 is 0.643 bits per heavy atom. The van der Waals surface area contributed by atoms with E-state index in [2.05, 4.69) is 24.3 Å². The van der Waals surface area contributed by atoms with E-state index in [1.165, 1.54) is 33.4 Å². The van der Waals surface area contributed by atoms with Crippen LogP contribution in [0.5, 0.6) is 11.5 Å². The molecule has 0 aliphatic heterocycles. The lowest BCUT2D eigenvalue weighted by Gasteiger charge is -2.12. The van der Waals surface area contributed by atoms with Gasteiger partial charge in [0.1, 0.15) is 11.5 Å². The molecule has 2 aliphatic rings. The number of benzene rings is 2. The summed E-state index contributed by atoms with van der Waals surface area (Å²) in [5.74, 6) is 1.76. The quantitative estimate of drug-likeness (QED) is 0.680. The third-order valence-corrected chi connectivity index (χ3v) is 5.61. The summed E-state index contributed by atoms with van der Waals surface area (Å²) in [5, 5.41) is 17.9. The molecule has 0 amide bonds. The lowest BCUT2D eigenvalue weighted by molar-refractivity contribution is 0.233. The second-order valence-corrected chi connectivity index (χ2v) is 7.45. The first-order valence-electron chi connectivity index (χ1n) is 10.3. The van der Waals surface area contributed by atoms with Crippen LogP contribution in [-0.2, 0) is 12.8 Å². The summed E-state index contributed by atoms with van der Waals surface area (Å²) >= 11 is 0. The van der Waals surface area contributed by atoms with Crippen LogP contribution in [0.25, 0.3) is 11.1 Å². The molecule has 2 N–H and O–H groups in total. The molecule has 2 aliphatic carbocycles. The van der Waals surface area contributed by atoms with Gasteiger partial charge in [-0.1, -0.05) is 12.1 Å². The Kier molecular flexibility index (Phi) is 5.98. The Labute approximate surface area is 166 Å². The molecule has 0 bridgehead atoms. The van der Waals surface area contributed by atoms with E-state index in [1.54, 1.807) is 0 Å². The van der Waals surface area contributed by atoms with Crippen molar-refractivity contribution in [3.8, 4) is 11.5 Å². The van der Waals surface area contributed by atoms with Crippen LogP contribution in [0.2, 0.25) is 0 Å². The first-order valence-corrected chi connectivity index (χ1v) is 10.3. The van der Waals surface area contributed by atoms with Gasteiger partial charge in [0.15, 0.2) is 0 Å². The predicted molar refractivity (Wildman–Crippen MR) is 111 cm³/mol. The van der Waals surface area contributed by atoms with Gasteiger partial charge in [0, 0.05) is 26.1 Å². The zero-order valence-corrected chi connectivity index (χ0v) is 16.2. The molecule has 0 saturated carbocycles. The van der Waals surface area contributed by atoms with Crippen LogP contribution in [0.1, 0.15) is 47.9 Å². The molecular formula is C24H28O4. The highest BCUT2D eigenvalue weighted by Crippen LogP contribution is 2.45. The maximum Gasteiger partial charge on any atom is 0.119 e. The monoisotopic (exact) mass is 380 g/mol. The molecule has 0 saturated heterocycles. The first-order chi connectivity index (χ1) is 13.8. The fraction of sp³-hybridized carbons (Fsp3) is 0.417. The molecule has 4 nitrogen and oxygen atoms in total. The van der Waals surface area contributed by atoms with Crippen LogP contribution < -0.4 is 9.47 Å². The van der Waals surface area contributed by atoms with Crippen molar-refractivity contribution in [2.45, 2.75) is 38.5 Å². The highest BCUT2D eigenvalue weighted by Gasteiger charge is 2.26. The van der Waals surface area contributed by atoms with E-state index in [9.17, 15) is 0 Å². The highest BCUT2D eigenvalue weighted by atomic mass is 16.5. The molecule has 0 fully saturated rings. The Morgan fingerprint density at radius 2 is 1.11 bits per heavy atom. The fourth-order valence-corrected chi connectivity index (χ4v) is 4.21. The molecule has 2 aromatic rings. The van der Waals surface area contributed by atoms with Crippen molar-refractivity contribution in [3.05, 3.63) is 58.7 Å². The summed E-state index contributed by atoms with van der Waals surface area (Å²) in [6, 6.07) is 12.8. The van der Waals surface area contributed by atoms with Gasteiger partial charge in [-0.05, 0) is 83.3 Å². The van der Waals surface area contributed by atoms with Crippen molar-refractivity contribution in [3.63, 3.8) is 0 Å². The van der Waals surface area contributed by atoms with Crippen LogP contribution in [0.4, 0.5) is 0 Å². The van der Waals surface area contributed by atoms with Gasteiger partial charge in [0.25, 0.3) is 0 Å². The van der Waals surface area contributed by atoms with Gasteiger partial charge in [0.2, 0.25) is 0 Å². The highest BCUT2D eigenvalue weighted by molar-refractivity contribution is 5.96. The average Bonchev–Trinajstić information content (AvgIpc) is 3.31. The molecule has 2 aromatic carbocycles. The molecule has 0 heterocycles. The average molecular weight is 380 g/mol. The van der Waals surface area contributed by atoms with Crippen LogP contribution in [0, 0.1) is 0 Å². The SMILES string of the molecule is OCCCOc1ccc2c(c1)/C(=C1/CCc3ccc(OCCCO)cc31)CC2. The normalized spacial score (nSPS) is 17.5. The van der Waals surface area contributed by atoms with Crippen molar-refractivity contribution in [1.29, 1.82) is 0 Å². The zero-order valence-electron chi connectivity index (χ0n) is 16.2. The number of aryl methyl sites for hydroxylation is 2. The van der Waals surface area contributed by atoms with Crippen LogP contribution in [0.3, 0.4) is 0 Å². The second kappa shape index (κ2) is 8.80. The molecule has 0 spiro atoms. The smallest absolute Gasteiger partial charge is 0.119 e. The van der Waals surface area contributed by atoms with Crippen LogP contribution in [0.15, 0.2) is 36.4 Å². The lowest BCUT2D eigenvalue weighted by Crippen LogP contribution is -2.00. The van der Waals surface area contributed by atoms with Gasteiger partial charge in [-0.2, -0.15) is 0 Å². The minimum absolute atomic E-state index is 0.153. The van der Waals surface area contributed by atoms with E-state index in [4.69, 9.17) is 19.7 Å². The number of allylic oxidation sites excluding steroid dienone is 2. The summed E-state index contributed by atoms with van der Waals surface area (Å²) in [6.45, 7) is 1.39. The van der Waals surface area contributed by atoms with Crippen molar-refractivity contribution in [2.75, 3.05) is 26.4 Å². The molecule has 28 heavy (non-hydrogen) atoms. The fourth-order valence-electron chi connectivity index (χ4n) is 4.21. The van der Waals surface area contributed by atoms with Gasteiger partial charge in [0.05, 0.1) is 13.2 Å². The lowest BCUT2D eigenvalue weighted by atomic mass is 9.97. The number of hydrogen-bond donors (Lipinski definition) is 2. The minimum atomic E-state index is 0.153. The predicted octanol–water partition coefficient (Wildman–Crippen LogP) is 4.01. The zero-order chi connectivity index (χ0) is 19.3. The Bertz CT molecular complexity index is 797. The van der Waals surface area contributed by atoms with Gasteiger partial charge >= 0.3 is 0 Å². The number of fused-ring (bicyclic) bond motifs is 2. The molecule has 148 valence electrons. The Balaban J connectivity index is 1.62. The van der Waals surface area contributed by atoms with Gasteiger partial charge in [-0.15, -0.1) is 0 Å². The first kappa shape index (κ1) is 19.0. The van der Waals surface area contributed by atoms with Crippen LogP contribution >= 0.6 is 0 Å². The number of aliphatic hydroxyl groups is 2. The molecule has 0 radical (unpaired) electrons. The second-order valence-electron chi connectivity index (χ2n) is 7.45. The Hall–Kier alpha value is -2.30. The van der Waals surface area contributed by atoms with Gasteiger partial charge in [-0.25, -0.2) is 0 Å². The molecule has 4 heteroatoms. The molecule has 0 aromatic heterocycles. The Morgan fingerprint density at radius 3 is 1.54 bits per heavy atom. The molecule has 0 atom stereocenters. The molecule has 4 rings (SSSR count). The summed E-state index contributed by atoms with van der Waals surface area (Å²) in [5.41, 5.74) is 8.29. The summed E-state index contributed by atoms with van der Waals surface area (Å²) < 4.78 is 11.6. The number of aliphatic hydroxyl groups excluding tert-OH is 2. The number of ether oxygens (including phenoxy) is 2. The maximum absolute atomic E-state index is 8.96. The minimum Gasteiger partial charge on any atom is -0.493 e. The summed E-state index contributed by atoms with van der Waals surface area (Å²) in [6.07, 6.45) is 5.59. The van der Waals surface area contributed by atoms with E-state index < -0.39 is 0 Å². The summed E-state index contributed by atoms with van der Waals surface area (Å²) in [7, 11) is 0. The standard InChI is InChI=1S/C24H28O4/c25-11-1-13-27-19-7-3-17-5-9-21(23(17)15-19)22-10-6-18-4-8-20(16-24(18)22)28-14-2-12-26/h3-4,7-8,15-16,25-26H,1-2,5-6,9-14H2/b22-21-. The maximum atomic E-state index is 8.96. The van der Waals surface area contributed by atoms with Crippen molar-refractivity contribution in [2.24, 2.45) is 0 Å². The van der Waals surface area contributed by atoms with E-state index in [-0.39, 0.29) is 13.2 Å². The third kappa shape index (κ3) is 3.94.